The van der Waals surface area contributed by atoms with Gasteiger partial charge >= 0.3 is 0 Å². The van der Waals surface area contributed by atoms with E-state index in [0.717, 1.165) is 6.42 Å². The van der Waals surface area contributed by atoms with Gasteiger partial charge < -0.3 is 9.84 Å². The van der Waals surface area contributed by atoms with Crippen LogP contribution in [0.1, 0.15) is 35.7 Å². The molecule has 0 aliphatic carbocycles. The van der Waals surface area contributed by atoms with E-state index in [1.165, 1.54) is 6.92 Å². The molecule has 1 N–H and O–H groups in total. The van der Waals surface area contributed by atoms with Gasteiger partial charge in [0.15, 0.2) is 5.78 Å². The summed E-state index contributed by atoms with van der Waals surface area (Å²) in [5.74, 6) is -0.0189. The molecular weight excluding hydrogens is 204 g/mol. The molecular formula is C13H16O3. The zero-order valence-corrected chi connectivity index (χ0v) is 9.40. The Balaban J connectivity index is 2.42. The van der Waals surface area contributed by atoms with Crippen LogP contribution in [0.15, 0.2) is 24.3 Å². The summed E-state index contributed by atoms with van der Waals surface area (Å²) in [4.78, 5) is 11.5. The van der Waals surface area contributed by atoms with Crippen molar-refractivity contribution in [3.8, 4) is 0 Å². The molecule has 3 nitrogen and oxygen atoms in total. The van der Waals surface area contributed by atoms with Gasteiger partial charge in [0, 0.05) is 12.2 Å². The largest absolute Gasteiger partial charge is 0.383 e. The highest BCUT2D eigenvalue weighted by molar-refractivity contribution is 5.95. The van der Waals surface area contributed by atoms with Crippen molar-refractivity contribution in [2.45, 2.75) is 25.4 Å². The molecule has 86 valence electrons. The van der Waals surface area contributed by atoms with Crippen LogP contribution >= 0.6 is 0 Å². The predicted octanol–water partition coefficient (Wildman–Crippen LogP) is 1.89. The molecule has 0 radical (unpaired) electrons. The monoisotopic (exact) mass is 220 g/mol. The van der Waals surface area contributed by atoms with Crippen LogP contribution in [0.2, 0.25) is 0 Å². The summed E-state index contributed by atoms with van der Waals surface area (Å²) in [5.41, 5.74) is 0.290. The van der Waals surface area contributed by atoms with Crippen molar-refractivity contribution >= 4 is 5.78 Å². The molecule has 1 aliphatic heterocycles. The number of Topliss-reactive ketones (excluding diaryl/α,β-unsaturated/α-hetero) is 1. The second kappa shape index (κ2) is 4.36. The number of carbonyl (C=O) groups excluding carboxylic acids is 1. The fraction of sp³-hybridized carbons (Fsp3) is 0.462. The second-order valence-corrected chi connectivity index (χ2v) is 4.29. The molecule has 1 aromatic rings. The van der Waals surface area contributed by atoms with Crippen LogP contribution in [0, 0.1) is 0 Å². The Hall–Kier alpha value is -1.19. The highest BCUT2D eigenvalue weighted by atomic mass is 16.5. The first kappa shape index (κ1) is 11.3. The summed E-state index contributed by atoms with van der Waals surface area (Å²) in [6.07, 6.45) is 1.47. The molecule has 16 heavy (non-hydrogen) atoms. The maximum Gasteiger partial charge on any atom is 0.160 e. The second-order valence-electron chi connectivity index (χ2n) is 4.29. The lowest BCUT2D eigenvalue weighted by molar-refractivity contribution is -0.0905. The molecule has 0 bridgehead atoms. The smallest absolute Gasteiger partial charge is 0.160 e. The van der Waals surface area contributed by atoms with Gasteiger partial charge in [0.25, 0.3) is 0 Å². The molecule has 1 unspecified atom stereocenters. The van der Waals surface area contributed by atoms with Gasteiger partial charge in [-0.3, -0.25) is 4.79 Å². The lowest BCUT2D eigenvalue weighted by Crippen LogP contribution is -2.37. The lowest BCUT2D eigenvalue weighted by Gasteiger charge is -2.33. The van der Waals surface area contributed by atoms with Crippen molar-refractivity contribution in [3.63, 3.8) is 0 Å². The molecule has 1 aliphatic rings. The number of hydrogen-bond donors (Lipinski definition) is 1. The maximum atomic E-state index is 11.5. The van der Waals surface area contributed by atoms with Crippen molar-refractivity contribution in [2.24, 2.45) is 0 Å². The quantitative estimate of drug-likeness (QED) is 0.774. The summed E-state index contributed by atoms with van der Waals surface area (Å²) < 4.78 is 5.31. The Bertz CT molecular complexity index is 392. The van der Waals surface area contributed by atoms with Crippen molar-refractivity contribution in [3.05, 3.63) is 35.4 Å². The van der Waals surface area contributed by atoms with E-state index in [0.29, 0.717) is 24.2 Å². The number of aliphatic hydroxyl groups is 1. The van der Waals surface area contributed by atoms with Crippen LogP contribution in [0.3, 0.4) is 0 Å². The minimum atomic E-state index is -0.999. The Morgan fingerprint density at radius 2 is 2.19 bits per heavy atom. The topological polar surface area (TPSA) is 46.5 Å². The van der Waals surface area contributed by atoms with Crippen molar-refractivity contribution < 1.29 is 14.6 Å². The Labute approximate surface area is 95.0 Å². The fourth-order valence-electron chi connectivity index (χ4n) is 2.19. The van der Waals surface area contributed by atoms with Gasteiger partial charge in [-0.1, -0.05) is 24.3 Å². The first-order chi connectivity index (χ1) is 7.63. The number of rotatable bonds is 2. The van der Waals surface area contributed by atoms with Gasteiger partial charge in [-0.2, -0.15) is 0 Å². The molecule has 2 rings (SSSR count). The van der Waals surface area contributed by atoms with Crippen LogP contribution in [0.4, 0.5) is 0 Å². The third-order valence-corrected chi connectivity index (χ3v) is 3.03. The van der Waals surface area contributed by atoms with E-state index >= 15 is 0 Å². The summed E-state index contributed by atoms with van der Waals surface area (Å²) in [6.45, 7) is 2.48. The molecule has 1 atom stereocenters. The minimum Gasteiger partial charge on any atom is -0.383 e. The number of ether oxygens (including phenoxy) is 1. The molecule has 1 heterocycles. The summed E-state index contributed by atoms with van der Waals surface area (Å²) >= 11 is 0. The van der Waals surface area contributed by atoms with Gasteiger partial charge in [-0.15, -0.1) is 0 Å². The van der Waals surface area contributed by atoms with Gasteiger partial charge in [-0.05, 0) is 25.3 Å². The Kier molecular flexibility index (Phi) is 3.08. The van der Waals surface area contributed by atoms with E-state index < -0.39 is 5.60 Å². The van der Waals surface area contributed by atoms with Gasteiger partial charge in [0.1, 0.15) is 5.60 Å². The predicted molar refractivity (Wildman–Crippen MR) is 60.4 cm³/mol. The van der Waals surface area contributed by atoms with Crippen LogP contribution < -0.4 is 0 Å². The standard InChI is InChI=1S/C13H16O3/c1-10(14)11-5-2-3-6-12(11)13(15)7-4-8-16-9-13/h2-3,5-6,15H,4,7-9H2,1H3. The molecule has 1 aromatic carbocycles. The number of hydrogen-bond acceptors (Lipinski definition) is 3. The first-order valence-electron chi connectivity index (χ1n) is 5.54. The Morgan fingerprint density at radius 1 is 1.44 bits per heavy atom. The van der Waals surface area contributed by atoms with Crippen molar-refractivity contribution in [1.82, 2.24) is 0 Å². The fourth-order valence-corrected chi connectivity index (χ4v) is 2.19. The molecule has 0 spiro atoms. The summed E-state index contributed by atoms with van der Waals surface area (Å²) in [7, 11) is 0. The van der Waals surface area contributed by atoms with Crippen molar-refractivity contribution in [2.75, 3.05) is 13.2 Å². The van der Waals surface area contributed by atoms with Crippen LogP contribution in [-0.4, -0.2) is 24.1 Å². The average Bonchev–Trinajstić information content (AvgIpc) is 2.30. The SMILES string of the molecule is CC(=O)c1ccccc1C1(O)CCCOC1. The summed E-state index contributed by atoms with van der Waals surface area (Å²) in [6, 6.07) is 7.22. The normalized spacial score (nSPS) is 25.4. The highest BCUT2D eigenvalue weighted by Crippen LogP contribution is 2.32. The first-order valence-corrected chi connectivity index (χ1v) is 5.54. The zero-order chi connectivity index (χ0) is 11.6. The van der Waals surface area contributed by atoms with E-state index in [-0.39, 0.29) is 12.4 Å². The molecule has 0 saturated carbocycles. The van der Waals surface area contributed by atoms with E-state index in [1.807, 2.05) is 18.2 Å². The lowest BCUT2D eigenvalue weighted by atomic mass is 9.84. The molecule has 1 saturated heterocycles. The van der Waals surface area contributed by atoms with Crippen molar-refractivity contribution in [1.29, 1.82) is 0 Å². The maximum absolute atomic E-state index is 11.5. The number of carbonyl (C=O) groups is 1. The number of benzene rings is 1. The average molecular weight is 220 g/mol. The van der Waals surface area contributed by atoms with Crippen LogP contribution in [0.25, 0.3) is 0 Å². The molecule has 3 heteroatoms. The van der Waals surface area contributed by atoms with Gasteiger partial charge in [0.2, 0.25) is 0 Å². The van der Waals surface area contributed by atoms with E-state index in [9.17, 15) is 9.90 Å². The molecule has 0 amide bonds. The molecule has 1 fully saturated rings. The highest BCUT2D eigenvalue weighted by Gasteiger charge is 2.34. The van der Waals surface area contributed by atoms with E-state index in [2.05, 4.69) is 0 Å². The van der Waals surface area contributed by atoms with E-state index in [1.54, 1.807) is 6.07 Å². The van der Waals surface area contributed by atoms with Gasteiger partial charge in [0.05, 0.1) is 6.61 Å². The van der Waals surface area contributed by atoms with E-state index in [4.69, 9.17) is 4.74 Å². The zero-order valence-electron chi connectivity index (χ0n) is 9.40. The third-order valence-electron chi connectivity index (χ3n) is 3.03. The molecule has 0 aromatic heterocycles. The van der Waals surface area contributed by atoms with Gasteiger partial charge in [-0.25, -0.2) is 0 Å². The van der Waals surface area contributed by atoms with Crippen LogP contribution in [0.5, 0.6) is 0 Å². The summed E-state index contributed by atoms with van der Waals surface area (Å²) in [5, 5.41) is 10.5. The van der Waals surface area contributed by atoms with Crippen LogP contribution in [-0.2, 0) is 10.3 Å². The number of ketones is 1. The Morgan fingerprint density at radius 3 is 2.81 bits per heavy atom. The third kappa shape index (κ3) is 2.01. The minimum absolute atomic E-state index is 0.0189.